The maximum Gasteiger partial charge on any atom is 0.306 e. The molecule has 0 radical (unpaired) electrons. The van der Waals surface area contributed by atoms with E-state index < -0.39 is 6.10 Å². The summed E-state index contributed by atoms with van der Waals surface area (Å²) >= 11 is 0. The van der Waals surface area contributed by atoms with Crippen LogP contribution >= 0.6 is 0 Å². The normalized spacial score (nSPS) is 13.2. The molecule has 0 aliphatic rings. The van der Waals surface area contributed by atoms with E-state index in [2.05, 4.69) is 69.4 Å². The molecule has 324 valence electrons. The molecule has 0 aliphatic carbocycles. The van der Waals surface area contributed by atoms with E-state index in [0.29, 0.717) is 19.3 Å². The maximum atomic E-state index is 12.7. The van der Waals surface area contributed by atoms with Crippen LogP contribution < -0.4 is 0 Å². The topological polar surface area (TPSA) is 78.9 Å². The van der Waals surface area contributed by atoms with E-state index >= 15 is 0 Å². The zero-order valence-electron chi connectivity index (χ0n) is 36.8. The van der Waals surface area contributed by atoms with Crippen molar-refractivity contribution in [1.82, 2.24) is 0 Å². The Morgan fingerprint density at radius 3 is 1.29 bits per heavy atom. The van der Waals surface area contributed by atoms with Gasteiger partial charge in [0.15, 0.2) is 6.10 Å². The molecule has 1 unspecified atom stereocenters. The lowest BCUT2D eigenvalue weighted by Crippen LogP contribution is -2.30. The van der Waals surface area contributed by atoms with E-state index in [1.54, 1.807) is 0 Å². The Bertz CT molecular complexity index is 1290. The van der Waals surface area contributed by atoms with Crippen molar-refractivity contribution in [2.45, 2.75) is 175 Å². The van der Waals surface area contributed by atoms with Crippen molar-refractivity contribution in [2.24, 2.45) is 0 Å². The number of unbranched alkanes of at least 4 members (excludes halogenated alkanes) is 13. The van der Waals surface area contributed by atoms with Crippen molar-refractivity contribution in [3.05, 3.63) is 122 Å². The van der Waals surface area contributed by atoms with Crippen molar-refractivity contribution < 1.29 is 28.6 Å². The fraction of sp³-hybridized carbons (Fsp3) is 0.558. The van der Waals surface area contributed by atoms with Crippen molar-refractivity contribution in [3.63, 3.8) is 0 Å². The van der Waals surface area contributed by atoms with Crippen LogP contribution in [0.15, 0.2) is 122 Å². The predicted octanol–water partition coefficient (Wildman–Crippen LogP) is 14.6. The fourth-order valence-electron chi connectivity index (χ4n) is 5.56. The Hall–Kier alpha value is -4.19. The Balaban J connectivity index is 4.54. The quantitative estimate of drug-likeness (QED) is 0.0203. The van der Waals surface area contributed by atoms with Gasteiger partial charge in [-0.15, -0.1) is 0 Å². The third kappa shape index (κ3) is 42.9. The Morgan fingerprint density at radius 1 is 0.379 bits per heavy atom. The third-order valence-electron chi connectivity index (χ3n) is 8.91. The molecule has 0 bridgehead atoms. The third-order valence-corrected chi connectivity index (χ3v) is 8.91. The van der Waals surface area contributed by atoms with Gasteiger partial charge in [-0.25, -0.2) is 0 Å². The molecule has 0 amide bonds. The molecule has 0 rings (SSSR count). The lowest BCUT2D eigenvalue weighted by atomic mass is 10.1. The van der Waals surface area contributed by atoms with Gasteiger partial charge in [-0.05, 0) is 64.2 Å². The van der Waals surface area contributed by atoms with Gasteiger partial charge in [0.2, 0.25) is 0 Å². The number of hydrogen-bond donors (Lipinski definition) is 0. The first-order chi connectivity index (χ1) is 28.5. The van der Waals surface area contributed by atoms with E-state index in [0.717, 1.165) is 77.0 Å². The van der Waals surface area contributed by atoms with Crippen LogP contribution in [0, 0.1) is 0 Å². The second kappa shape index (κ2) is 45.5. The van der Waals surface area contributed by atoms with Gasteiger partial charge < -0.3 is 14.2 Å². The summed E-state index contributed by atoms with van der Waals surface area (Å²) in [6.07, 6.45) is 61.9. The molecule has 6 nitrogen and oxygen atoms in total. The van der Waals surface area contributed by atoms with Gasteiger partial charge >= 0.3 is 17.9 Å². The minimum Gasteiger partial charge on any atom is -0.462 e. The van der Waals surface area contributed by atoms with E-state index in [1.807, 2.05) is 72.9 Å². The summed E-state index contributed by atoms with van der Waals surface area (Å²) < 4.78 is 16.6. The molecule has 0 heterocycles. The van der Waals surface area contributed by atoms with Crippen molar-refractivity contribution in [2.75, 3.05) is 13.2 Å². The standard InChI is InChI=1S/C52H80O6/c1-4-7-10-13-16-19-22-23-24-25-26-27-28-29-31-33-36-39-42-45-51(54)57-48-49(47-56-50(53)44-41-38-35-32-21-18-15-12-9-6-3)58-52(55)46-43-40-37-34-30-20-17-14-11-8-5-2/h7-8,10-11,13,16-17,19-20,22-29,31,34,37,49H,4-6,9,12,14-15,18,21,30,32-33,35-36,38-48H2,1-3H3/b10-7-,11-8-,16-13-,20-17-,22-19-,24-23-,26-25+,28-27-,31-29-,37-34-. The molecule has 0 fully saturated rings. The molecule has 6 heteroatoms. The molecule has 0 N–H and O–H groups in total. The zero-order chi connectivity index (χ0) is 42.3. The van der Waals surface area contributed by atoms with Crippen molar-refractivity contribution in [3.8, 4) is 0 Å². The minimum absolute atomic E-state index is 0.116. The average molecular weight is 801 g/mol. The van der Waals surface area contributed by atoms with Crippen LogP contribution in [0.1, 0.15) is 168 Å². The number of rotatable bonds is 38. The first-order valence-electron chi connectivity index (χ1n) is 22.6. The van der Waals surface area contributed by atoms with Gasteiger partial charge in [-0.1, -0.05) is 206 Å². The van der Waals surface area contributed by atoms with Crippen LogP contribution in [0.25, 0.3) is 0 Å². The van der Waals surface area contributed by atoms with E-state index in [-0.39, 0.29) is 37.5 Å². The number of carbonyl (C=O) groups excluding carboxylic acids is 3. The highest BCUT2D eigenvalue weighted by molar-refractivity contribution is 5.71. The summed E-state index contributed by atoms with van der Waals surface area (Å²) in [6, 6.07) is 0. The van der Waals surface area contributed by atoms with E-state index in [9.17, 15) is 14.4 Å². The Kier molecular flexibility index (Phi) is 42.2. The van der Waals surface area contributed by atoms with Gasteiger partial charge in [-0.3, -0.25) is 14.4 Å². The number of hydrogen-bond acceptors (Lipinski definition) is 6. The molecule has 0 saturated carbocycles. The minimum atomic E-state index is -0.822. The van der Waals surface area contributed by atoms with Gasteiger partial charge in [0, 0.05) is 19.3 Å². The molecule has 0 spiro atoms. The van der Waals surface area contributed by atoms with Crippen molar-refractivity contribution in [1.29, 1.82) is 0 Å². The molecule has 1 atom stereocenters. The SMILES string of the molecule is CC\C=C/C=C\C=C/C=C\C=C\C=C/C=C\CCCCCC(=O)OCC(COC(=O)CCCCCCCCCCCC)OC(=O)CCC/C=C\C/C=C\C/C=C\CC. The Morgan fingerprint density at radius 2 is 0.776 bits per heavy atom. The summed E-state index contributed by atoms with van der Waals surface area (Å²) in [7, 11) is 0. The summed E-state index contributed by atoms with van der Waals surface area (Å²) in [5.74, 6) is -1.03. The molecular weight excluding hydrogens is 721 g/mol. The number of ether oxygens (including phenoxy) is 3. The highest BCUT2D eigenvalue weighted by Gasteiger charge is 2.19. The molecule has 58 heavy (non-hydrogen) atoms. The first kappa shape index (κ1) is 53.8. The first-order valence-corrected chi connectivity index (χ1v) is 22.6. The summed E-state index contributed by atoms with van der Waals surface area (Å²) in [6.45, 7) is 6.23. The summed E-state index contributed by atoms with van der Waals surface area (Å²) in [4.78, 5) is 37.7. The van der Waals surface area contributed by atoms with Gasteiger partial charge in [0.05, 0.1) is 0 Å². The molecule has 0 aromatic heterocycles. The van der Waals surface area contributed by atoms with Crippen LogP contribution in [0.4, 0.5) is 0 Å². The lowest BCUT2D eigenvalue weighted by molar-refractivity contribution is -0.167. The average Bonchev–Trinajstić information content (AvgIpc) is 3.22. The molecule has 0 aromatic rings. The summed E-state index contributed by atoms with van der Waals surface area (Å²) in [5, 5.41) is 0. The molecule has 0 saturated heterocycles. The van der Waals surface area contributed by atoms with E-state index in [4.69, 9.17) is 14.2 Å². The second-order valence-corrected chi connectivity index (χ2v) is 14.4. The number of allylic oxidation sites excluding steroid dienone is 20. The lowest BCUT2D eigenvalue weighted by Gasteiger charge is -2.18. The molecule has 0 aromatic carbocycles. The van der Waals surface area contributed by atoms with Gasteiger partial charge in [0.25, 0.3) is 0 Å². The smallest absolute Gasteiger partial charge is 0.306 e. The largest absolute Gasteiger partial charge is 0.462 e. The fourth-order valence-corrected chi connectivity index (χ4v) is 5.56. The maximum absolute atomic E-state index is 12.7. The van der Waals surface area contributed by atoms with Crippen molar-refractivity contribution >= 4 is 17.9 Å². The number of esters is 3. The van der Waals surface area contributed by atoms with Crippen LogP contribution in [0.3, 0.4) is 0 Å². The molecular formula is C52H80O6. The summed E-state index contributed by atoms with van der Waals surface area (Å²) in [5.41, 5.74) is 0. The van der Waals surface area contributed by atoms with Crippen LogP contribution in [-0.4, -0.2) is 37.2 Å². The van der Waals surface area contributed by atoms with Crippen LogP contribution in [-0.2, 0) is 28.6 Å². The van der Waals surface area contributed by atoms with Gasteiger partial charge in [0.1, 0.15) is 13.2 Å². The highest BCUT2D eigenvalue weighted by Crippen LogP contribution is 2.12. The van der Waals surface area contributed by atoms with Crippen LogP contribution in [0.5, 0.6) is 0 Å². The van der Waals surface area contributed by atoms with E-state index in [1.165, 1.54) is 44.9 Å². The zero-order valence-corrected chi connectivity index (χ0v) is 36.8. The van der Waals surface area contributed by atoms with Crippen LogP contribution in [0.2, 0.25) is 0 Å². The van der Waals surface area contributed by atoms with Gasteiger partial charge in [-0.2, -0.15) is 0 Å². The monoisotopic (exact) mass is 801 g/mol. The second-order valence-electron chi connectivity index (χ2n) is 14.4. The molecule has 0 aliphatic heterocycles. The highest BCUT2D eigenvalue weighted by atomic mass is 16.6. The number of carbonyl (C=O) groups is 3. The Labute approximate surface area is 354 Å². The predicted molar refractivity (Wildman–Crippen MR) is 246 cm³/mol.